The van der Waals surface area contributed by atoms with Crippen molar-refractivity contribution in [1.29, 1.82) is 0 Å². The minimum Gasteiger partial charge on any atom is -0.316 e. The van der Waals surface area contributed by atoms with Crippen LogP contribution < -0.4 is 10.0 Å². The molecule has 0 radical (unpaired) electrons. The maximum absolute atomic E-state index is 13.1. The van der Waals surface area contributed by atoms with Gasteiger partial charge in [-0.2, -0.15) is 13.2 Å². The largest absolute Gasteiger partial charge is 0.417 e. The van der Waals surface area contributed by atoms with Crippen molar-refractivity contribution in [1.82, 2.24) is 10.0 Å². The van der Waals surface area contributed by atoms with E-state index in [0.717, 1.165) is 12.1 Å². The molecule has 2 atom stereocenters. The van der Waals surface area contributed by atoms with Gasteiger partial charge in [-0.3, -0.25) is 0 Å². The molecule has 1 aliphatic rings. The summed E-state index contributed by atoms with van der Waals surface area (Å²) in [6, 6.07) is 2.50. The van der Waals surface area contributed by atoms with Gasteiger partial charge >= 0.3 is 6.18 Å². The van der Waals surface area contributed by atoms with E-state index in [1.807, 2.05) is 6.92 Å². The van der Waals surface area contributed by atoms with Crippen LogP contribution in [0.3, 0.4) is 0 Å². The van der Waals surface area contributed by atoms with Gasteiger partial charge in [-0.25, -0.2) is 13.1 Å². The Morgan fingerprint density at radius 1 is 1.36 bits per heavy atom. The molecule has 1 heterocycles. The van der Waals surface area contributed by atoms with Crippen molar-refractivity contribution in [2.75, 3.05) is 13.1 Å². The first-order valence-corrected chi connectivity index (χ1v) is 8.58. The van der Waals surface area contributed by atoms with Gasteiger partial charge in [-0.05, 0) is 37.6 Å². The van der Waals surface area contributed by atoms with Gasteiger partial charge < -0.3 is 5.32 Å². The average Bonchev–Trinajstić information content (AvgIpc) is 2.39. The zero-order chi connectivity index (χ0) is 16.5. The first-order valence-electron chi connectivity index (χ1n) is 6.71. The topological polar surface area (TPSA) is 58.2 Å². The second kappa shape index (κ2) is 6.35. The fourth-order valence-electron chi connectivity index (χ4n) is 2.45. The summed E-state index contributed by atoms with van der Waals surface area (Å²) >= 11 is 5.74. The summed E-state index contributed by atoms with van der Waals surface area (Å²) < 4.78 is 66.4. The molecule has 2 unspecified atom stereocenters. The summed E-state index contributed by atoms with van der Waals surface area (Å²) in [7, 11) is -4.37. The molecule has 124 valence electrons. The van der Waals surface area contributed by atoms with Crippen LogP contribution in [0.5, 0.6) is 0 Å². The van der Waals surface area contributed by atoms with Crippen LogP contribution in [-0.2, 0) is 16.2 Å². The Hall–Kier alpha value is -0.830. The summed E-state index contributed by atoms with van der Waals surface area (Å²) in [6.07, 6.45) is -4.29. The Kier molecular flexibility index (Phi) is 5.06. The van der Waals surface area contributed by atoms with Crippen molar-refractivity contribution in [3.8, 4) is 0 Å². The number of alkyl halides is 3. The predicted molar refractivity (Wildman–Crippen MR) is 77.2 cm³/mol. The van der Waals surface area contributed by atoms with Crippen molar-refractivity contribution in [2.45, 2.75) is 30.5 Å². The Labute approximate surface area is 132 Å². The molecule has 2 N–H and O–H groups in total. The molecule has 0 bridgehead atoms. The quantitative estimate of drug-likeness (QED) is 0.875. The van der Waals surface area contributed by atoms with E-state index in [1.165, 1.54) is 0 Å². The van der Waals surface area contributed by atoms with Crippen molar-refractivity contribution in [2.24, 2.45) is 5.92 Å². The highest BCUT2D eigenvalue weighted by Crippen LogP contribution is 2.37. The van der Waals surface area contributed by atoms with Gasteiger partial charge in [0.2, 0.25) is 10.0 Å². The van der Waals surface area contributed by atoms with Crippen LogP contribution in [0.1, 0.15) is 18.9 Å². The van der Waals surface area contributed by atoms with E-state index in [9.17, 15) is 21.6 Å². The fourth-order valence-corrected chi connectivity index (χ4v) is 4.60. The summed E-state index contributed by atoms with van der Waals surface area (Å²) in [4.78, 5) is -0.908. The monoisotopic (exact) mass is 356 g/mol. The molecule has 22 heavy (non-hydrogen) atoms. The van der Waals surface area contributed by atoms with Crippen molar-refractivity contribution in [3.05, 3.63) is 28.8 Å². The number of halogens is 4. The number of benzene rings is 1. The average molecular weight is 357 g/mol. The lowest BCUT2D eigenvalue weighted by molar-refractivity contribution is -0.139. The number of rotatable bonds is 3. The zero-order valence-corrected chi connectivity index (χ0v) is 13.3. The maximum Gasteiger partial charge on any atom is 0.417 e. The number of nitrogens with one attached hydrogen (secondary N) is 2. The third-order valence-corrected chi connectivity index (χ3v) is 5.65. The molecule has 4 nitrogen and oxygen atoms in total. The molecular weight excluding hydrogens is 341 g/mol. The second-order valence-electron chi connectivity index (χ2n) is 5.31. The Morgan fingerprint density at radius 3 is 2.64 bits per heavy atom. The first kappa shape index (κ1) is 17.5. The summed E-state index contributed by atoms with van der Waals surface area (Å²) in [5.41, 5.74) is -1.26. The second-order valence-corrected chi connectivity index (χ2v) is 7.37. The van der Waals surface area contributed by atoms with Crippen LogP contribution in [0, 0.1) is 5.92 Å². The third kappa shape index (κ3) is 3.73. The van der Waals surface area contributed by atoms with Crippen LogP contribution >= 0.6 is 11.6 Å². The van der Waals surface area contributed by atoms with Gasteiger partial charge in [0.05, 0.1) is 10.6 Å². The molecular formula is C13H16ClF3N2O2S. The van der Waals surface area contributed by atoms with E-state index < -0.39 is 37.7 Å². The normalized spacial score (nSPS) is 23.5. The molecule has 2 rings (SSSR count). The molecule has 0 aliphatic carbocycles. The zero-order valence-electron chi connectivity index (χ0n) is 11.7. The number of sulfonamides is 1. The molecule has 1 fully saturated rings. The van der Waals surface area contributed by atoms with Crippen molar-refractivity contribution >= 4 is 21.6 Å². The number of hydrogen-bond donors (Lipinski definition) is 2. The molecule has 1 saturated heterocycles. The number of piperidine rings is 1. The molecule has 0 amide bonds. The van der Waals surface area contributed by atoms with Gasteiger partial charge in [-0.1, -0.05) is 24.6 Å². The minimum absolute atomic E-state index is 0.0275. The summed E-state index contributed by atoms with van der Waals surface area (Å²) in [5, 5.41) is 2.66. The smallest absolute Gasteiger partial charge is 0.316 e. The highest BCUT2D eigenvalue weighted by molar-refractivity contribution is 7.89. The third-order valence-electron chi connectivity index (χ3n) is 3.63. The van der Waals surface area contributed by atoms with Crippen molar-refractivity contribution < 1.29 is 21.6 Å². The van der Waals surface area contributed by atoms with E-state index in [1.54, 1.807) is 0 Å². The molecule has 1 aromatic rings. The number of hydrogen-bond acceptors (Lipinski definition) is 3. The van der Waals surface area contributed by atoms with Gasteiger partial charge in [0.15, 0.2) is 0 Å². The fraction of sp³-hybridized carbons (Fsp3) is 0.538. The van der Waals surface area contributed by atoms with Gasteiger partial charge in [0.25, 0.3) is 0 Å². The first-order chi connectivity index (χ1) is 10.1. The summed E-state index contributed by atoms with van der Waals surface area (Å²) in [6.45, 7) is 3.03. The van der Waals surface area contributed by atoms with Crippen LogP contribution in [0.2, 0.25) is 5.02 Å². The van der Waals surface area contributed by atoms with E-state index in [-0.39, 0.29) is 5.92 Å². The lowest BCUT2D eigenvalue weighted by atomic mass is 9.97. The minimum atomic E-state index is -4.80. The van der Waals surface area contributed by atoms with E-state index in [0.29, 0.717) is 25.6 Å². The highest BCUT2D eigenvalue weighted by atomic mass is 35.5. The standard InChI is InChI=1S/C13H16ClF3N2O2S/c1-8-7-18-6-5-11(8)19-22(20,21)12-9(13(15,16)17)3-2-4-10(12)14/h2-4,8,11,18-19H,5-7H2,1H3. The summed E-state index contributed by atoms with van der Waals surface area (Å²) in [5.74, 6) is -0.0275. The van der Waals surface area contributed by atoms with Crippen LogP contribution in [0.25, 0.3) is 0 Å². The highest BCUT2D eigenvalue weighted by Gasteiger charge is 2.39. The molecule has 0 aromatic heterocycles. The van der Waals surface area contributed by atoms with Crippen molar-refractivity contribution in [3.63, 3.8) is 0 Å². The molecule has 1 aromatic carbocycles. The molecule has 0 saturated carbocycles. The molecule has 9 heteroatoms. The SMILES string of the molecule is CC1CNCCC1NS(=O)(=O)c1c(Cl)cccc1C(F)(F)F. The predicted octanol–water partition coefficient (Wildman–Crippen LogP) is 2.64. The maximum atomic E-state index is 13.1. The van der Waals surface area contributed by atoms with E-state index in [4.69, 9.17) is 11.6 Å². The Bertz CT molecular complexity index is 649. The van der Waals surface area contributed by atoms with E-state index in [2.05, 4.69) is 10.0 Å². The lowest BCUT2D eigenvalue weighted by Gasteiger charge is -2.30. The Balaban J connectivity index is 2.41. The van der Waals surface area contributed by atoms with E-state index >= 15 is 0 Å². The van der Waals surface area contributed by atoms with Gasteiger partial charge in [0, 0.05) is 6.04 Å². The Morgan fingerprint density at radius 2 is 2.05 bits per heavy atom. The molecule has 0 spiro atoms. The van der Waals surface area contributed by atoms with Crippen LogP contribution in [0.4, 0.5) is 13.2 Å². The van der Waals surface area contributed by atoms with Gasteiger partial charge in [-0.15, -0.1) is 0 Å². The van der Waals surface area contributed by atoms with Crippen LogP contribution in [-0.4, -0.2) is 27.5 Å². The van der Waals surface area contributed by atoms with Crippen LogP contribution in [0.15, 0.2) is 23.1 Å². The van der Waals surface area contributed by atoms with Gasteiger partial charge in [0.1, 0.15) is 4.90 Å². The lowest BCUT2D eigenvalue weighted by Crippen LogP contribution is -2.48. The molecule has 1 aliphatic heterocycles.